The van der Waals surface area contributed by atoms with Gasteiger partial charge in [-0.2, -0.15) is 0 Å². The van der Waals surface area contributed by atoms with Crippen molar-refractivity contribution in [2.75, 3.05) is 13.2 Å². The Kier molecular flexibility index (Phi) is 6.24. The number of esters is 1. The molecule has 0 spiro atoms. The van der Waals surface area contributed by atoms with Crippen LogP contribution in [0.4, 0.5) is 0 Å². The van der Waals surface area contributed by atoms with E-state index in [4.69, 9.17) is 9.47 Å². The van der Waals surface area contributed by atoms with Crippen molar-refractivity contribution in [2.45, 2.75) is 33.2 Å². The molecule has 1 aromatic carbocycles. The van der Waals surface area contributed by atoms with Gasteiger partial charge in [-0.1, -0.05) is 17.7 Å². The molecule has 6 nitrogen and oxygen atoms in total. The second-order valence-corrected chi connectivity index (χ2v) is 7.02. The van der Waals surface area contributed by atoms with Gasteiger partial charge in [-0.15, -0.1) is 11.3 Å². The average Bonchev–Trinajstić information content (AvgIpc) is 3.10. The highest BCUT2D eigenvalue weighted by Crippen LogP contribution is 2.21. The first kappa shape index (κ1) is 19.1. The van der Waals surface area contributed by atoms with Gasteiger partial charge in [-0.05, 0) is 38.8 Å². The normalized spacial score (nSPS) is 10.9. The fourth-order valence-corrected chi connectivity index (χ4v) is 3.56. The third-order valence-corrected chi connectivity index (χ3v) is 5.03. The van der Waals surface area contributed by atoms with Gasteiger partial charge in [0.25, 0.3) is 5.56 Å². The largest absolute Gasteiger partial charge is 0.494 e. The molecule has 0 saturated carbocycles. The van der Waals surface area contributed by atoms with E-state index in [1.165, 1.54) is 23.2 Å². The van der Waals surface area contributed by atoms with Crippen LogP contribution >= 0.6 is 11.3 Å². The maximum atomic E-state index is 12.7. The first-order chi connectivity index (χ1) is 13.1. The molecule has 0 atom stereocenters. The van der Waals surface area contributed by atoms with Crippen molar-refractivity contribution in [3.8, 4) is 5.75 Å². The number of fused-ring (bicyclic) bond motifs is 1. The summed E-state index contributed by atoms with van der Waals surface area (Å²) < 4.78 is 12.3. The van der Waals surface area contributed by atoms with Crippen molar-refractivity contribution in [2.24, 2.45) is 0 Å². The Hall–Kier alpha value is -2.67. The molecule has 0 aliphatic carbocycles. The van der Waals surface area contributed by atoms with Gasteiger partial charge in [0.15, 0.2) is 0 Å². The van der Waals surface area contributed by atoms with Gasteiger partial charge in [0.2, 0.25) is 0 Å². The Balaban J connectivity index is 1.60. The van der Waals surface area contributed by atoms with Gasteiger partial charge in [0, 0.05) is 11.9 Å². The van der Waals surface area contributed by atoms with Crippen molar-refractivity contribution in [1.82, 2.24) is 9.55 Å². The zero-order valence-corrected chi connectivity index (χ0v) is 16.3. The number of carbonyl (C=O) groups is 1. The summed E-state index contributed by atoms with van der Waals surface area (Å²) in [6, 6.07) is 7.92. The van der Waals surface area contributed by atoms with Gasteiger partial charge in [0.05, 0.1) is 30.5 Å². The molecule has 0 radical (unpaired) electrons. The van der Waals surface area contributed by atoms with E-state index < -0.39 is 5.97 Å². The van der Waals surface area contributed by atoms with Crippen LogP contribution in [0.15, 0.2) is 40.8 Å². The lowest BCUT2D eigenvalue weighted by molar-refractivity contribution is 0.0529. The quantitative estimate of drug-likeness (QED) is 0.435. The first-order valence-corrected chi connectivity index (χ1v) is 9.81. The second-order valence-electron chi connectivity index (χ2n) is 6.16. The van der Waals surface area contributed by atoms with Crippen molar-refractivity contribution in [3.05, 3.63) is 57.5 Å². The zero-order valence-electron chi connectivity index (χ0n) is 15.4. The summed E-state index contributed by atoms with van der Waals surface area (Å²) in [5.74, 6) is 0.366. The molecule has 27 heavy (non-hydrogen) atoms. The van der Waals surface area contributed by atoms with Crippen LogP contribution in [0.2, 0.25) is 0 Å². The van der Waals surface area contributed by atoms with Gasteiger partial charge in [-0.3, -0.25) is 9.36 Å². The van der Waals surface area contributed by atoms with Crippen LogP contribution in [0, 0.1) is 6.92 Å². The molecule has 0 aliphatic rings. The Bertz CT molecular complexity index is 976. The Morgan fingerprint density at radius 1 is 1.22 bits per heavy atom. The van der Waals surface area contributed by atoms with Crippen LogP contribution in [-0.4, -0.2) is 28.7 Å². The van der Waals surface area contributed by atoms with Gasteiger partial charge in [-0.25, -0.2) is 9.78 Å². The Morgan fingerprint density at radius 2 is 2.00 bits per heavy atom. The maximum absolute atomic E-state index is 12.7. The lowest BCUT2D eigenvalue weighted by Gasteiger charge is -2.08. The van der Waals surface area contributed by atoms with E-state index >= 15 is 0 Å². The number of rotatable bonds is 8. The molecule has 2 aromatic heterocycles. The standard InChI is InChI=1S/C20H22N2O4S/c1-3-25-20(24)16-12-27-18-17(16)19(23)22(13-21-18)10-4-5-11-26-15-8-6-14(2)7-9-15/h6-9,12-13H,3-5,10-11H2,1-2H3. The lowest BCUT2D eigenvalue weighted by Crippen LogP contribution is -2.22. The Labute approximate surface area is 161 Å². The molecular weight excluding hydrogens is 364 g/mol. The fourth-order valence-electron chi connectivity index (χ4n) is 2.69. The number of aromatic nitrogens is 2. The number of nitrogens with zero attached hydrogens (tertiary/aromatic N) is 2. The van der Waals surface area contributed by atoms with Gasteiger partial charge >= 0.3 is 5.97 Å². The predicted molar refractivity (Wildman–Crippen MR) is 106 cm³/mol. The van der Waals surface area contributed by atoms with Gasteiger partial charge in [0.1, 0.15) is 10.6 Å². The van der Waals surface area contributed by atoms with E-state index in [1.807, 2.05) is 31.2 Å². The van der Waals surface area contributed by atoms with Crippen LogP contribution in [0.5, 0.6) is 5.75 Å². The molecule has 0 amide bonds. The van der Waals surface area contributed by atoms with E-state index in [2.05, 4.69) is 4.98 Å². The number of aryl methyl sites for hydroxylation is 2. The minimum atomic E-state index is -0.480. The highest BCUT2D eigenvalue weighted by atomic mass is 32.1. The number of ether oxygens (including phenoxy) is 2. The molecular formula is C20H22N2O4S. The molecule has 3 rings (SSSR count). The third kappa shape index (κ3) is 4.54. The van der Waals surface area contributed by atoms with Crippen LogP contribution in [0.3, 0.4) is 0 Å². The van der Waals surface area contributed by atoms with Crippen molar-refractivity contribution in [3.63, 3.8) is 0 Å². The smallest absolute Gasteiger partial charge is 0.339 e. The summed E-state index contributed by atoms with van der Waals surface area (Å²) in [7, 11) is 0. The highest BCUT2D eigenvalue weighted by molar-refractivity contribution is 7.17. The highest BCUT2D eigenvalue weighted by Gasteiger charge is 2.18. The maximum Gasteiger partial charge on any atom is 0.339 e. The number of thiophene rings is 1. The lowest BCUT2D eigenvalue weighted by atomic mass is 10.2. The summed E-state index contributed by atoms with van der Waals surface area (Å²) >= 11 is 1.28. The topological polar surface area (TPSA) is 70.4 Å². The number of unbranched alkanes of at least 4 members (excludes halogenated alkanes) is 1. The van der Waals surface area contributed by atoms with E-state index in [1.54, 1.807) is 16.9 Å². The molecule has 0 saturated heterocycles. The number of carbonyl (C=O) groups excluding carboxylic acids is 1. The van der Waals surface area contributed by atoms with E-state index in [0.29, 0.717) is 28.9 Å². The monoisotopic (exact) mass is 386 g/mol. The second kappa shape index (κ2) is 8.81. The summed E-state index contributed by atoms with van der Waals surface area (Å²) in [6.45, 7) is 5.15. The van der Waals surface area contributed by atoms with Crippen molar-refractivity contribution >= 4 is 27.5 Å². The molecule has 0 bridgehead atoms. The molecule has 0 unspecified atom stereocenters. The van der Waals surface area contributed by atoms with E-state index in [9.17, 15) is 9.59 Å². The van der Waals surface area contributed by atoms with Crippen LogP contribution in [0.25, 0.3) is 10.2 Å². The van der Waals surface area contributed by atoms with Crippen LogP contribution in [-0.2, 0) is 11.3 Å². The summed E-state index contributed by atoms with van der Waals surface area (Å²) in [5.41, 5.74) is 1.29. The van der Waals surface area contributed by atoms with E-state index in [-0.39, 0.29) is 12.2 Å². The van der Waals surface area contributed by atoms with E-state index in [0.717, 1.165) is 18.6 Å². The van der Waals surface area contributed by atoms with Crippen LogP contribution < -0.4 is 10.3 Å². The SMILES string of the molecule is CCOC(=O)c1csc2ncn(CCCCOc3ccc(C)cc3)c(=O)c12. The predicted octanol–water partition coefficient (Wildman–Crippen LogP) is 3.80. The molecule has 142 valence electrons. The molecule has 0 aliphatic heterocycles. The summed E-state index contributed by atoms with van der Waals surface area (Å²) in [5, 5.41) is 1.98. The fraction of sp³-hybridized carbons (Fsp3) is 0.350. The van der Waals surface area contributed by atoms with Gasteiger partial charge < -0.3 is 9.47 Å². The minimum Gasteiger partial charge on any atom is -0.494 e. The average molecular weight is 386 g/mol. The molecule has 7 heteroatoms. The molecule has 2 heterocycles. The molecule has 0 N–H and O–H groups in total. The summed E-state index contributed by atoms with van der Waals surface area (Å²) in [4.78, 5) is 29.6. The third-order valence-electron chi connectivity index (χ3n) is 4.14. The summed E-state index contributed by atoms with van der Waals surface area (Å²) in [6.07, 6.45) is 3.13. The number of hydrogen-bond acceptors (Lipinski definition) is 6. The zero-order chi connectivity index (χ0) is 19.2. The number of benzene rings is 1. The Morgan fingerprint density at radius 3 is 2.74 bits per heavy atom. The molecule has 0 fully saturated rings. The van der Waals surface area contributed by atoms with Crippen LogP contribution in [0.1, 0.15) is 35.7 Å². The van der Waals surface area contributed by atoms with Crippen molar-refractivity contribution in [1.29, 1.82) is 0 Å². The minimum absolute atomic E-state index is 0.205. The van der Waals surface area contributed by atoms with Crippen molar-refractivity contribution < 1.29 is 14.3 Å². The number of hydrogen-bond donors (Lipinski definition) is 0. The molecule has 3 aromatic rings. The first-order valence-electron chi connectivity index (χ1n) is 8.93.